The molecule has 0 bridgehead atoms. The molecule has 0 amide bonds. The smallest absolute Gasteiger partial charge is 0.202 e. The van der Waals surface area contributed by atoms with Crippen LogP contribution >= 0.6 is 0 Å². The zero-order valence-corrected chi connectivity index (χ0v) is 12.4. The van der Waals surface area contributed by atoms with Crippen LogP contribution in [-0.4, -0.2) is 11.7 Å². The highest BCUT2D eigenvalue weighted by Crippen LogP contribution is 2.34. The third kappa shape index (κ3) is 2.44. The predicted molar refractivity (Wildman–Crippen MR) is 86.6 cm³/mol. The average Bonchev–Trinajstić information content (AvgIpc) is 2.50. The number of para-hydroxylation sites is 1. The first kappa shape index (κ1) is 14.2. The fraction of sp³-hybridized carbons (Fsp3) is 0.167. The second kappa shape index (κ2) is 5.56. The molecule has 3 rings (SSSR count). The highest BCUT2D eigenvalue weighted by atomic mass is 16.5. The molecule has 4 heteroatoms. The van der Waals surface area contributed by atoms with Crippen molar-refractivity contribution in [2.24, 2.45) is 0 Å². The Morgan fingerprint density at radius 3 is 2.73 bits per heavy atom. The van der Waals surface area contributed by atoms with E-state index in [9.17, 15) is 9.90 Å². The molecule has 22 heavy (non-hydrogen) atoms. The molecule has 0 atom stereocenters. The topological polar surface area (TPSA) is 59.7 Å². The monoisotopic (exact) mass is 296 g/mol. The van der Waals surface area contributed by atoms with Gasteiger partial charge in [0, 0.05) is 0 Å². The summed E-state index contributed by atoms with van der Waals surface area (Å²) in [6, 6.07) is 10.2. The number of hydrogen-bond acceptors (Lipinski definition) is 4. The maximum Gasteiger partial charge on any atom is 0.202 e. The Kier molecular flexibility index (Phi) is 3.59. The summed E-state index contributed by atoms with van der Waals surface area (Å²) in [6.45, 7) is 4.28. The van der Waals surface area contributed by atoms with E-state index in [0.717, 1.165) is 5.57 Å². The van der Waals surface area contributed by atoms with E-state index in [0.29, 0.717) is 28.7 Å². The molecule has 2 aromatic carbocycles. The maximum absolute atomic E-state index is 12.4. The van der Waals surface area contributed by atoms with Gasteiger partial charge in [-0.25, -0.2) is 0 Å². The summed E-state index contributed by atoms with van der Waals surface area (Å²) < 4.78 is 11.2. The lowest BCUT2D eigenvalue weighted by Gasteiger charge is -2.08. The lowest BCUT2D eigenvalue weighted by Crippen LogP contribution is -2.03. The van der Waals surface area contributed by atoms with Crippen molar-refractivity contribution in [1.29, 1.82) is 0 Å². The zero-order chi connectivity index (χ0) is 15.7. The molecule has 0 saturated carbocycles. The third-order valence-electron chi connectivity index (χ3n) is 3.41. The summed E-state index contributed by atoms with van der Waals surface area (Å²) in [7, 11) is 0. The van der Waals surface area contributed by atoms with E-state index < -0.39 is 0 Å². The van der Waals surface area contributed by atoms with Crippen LogP contribution < -0.4 is 10.2 Å². The Bertz CT molecular complexity index is 931. The predicted octanol–water partition coefficient (Wildman–Crippen LogP) is 4.00. The van der Waals surface area contributed by atoms with Gasteiger partial charge in [0.15, 0.2) is 11.3 Å². The van der Waals surface area contributed by atoms with Gasteiger partial charge in [0.05, 0.1) is 10.8 Å². The Balaban J connectivity index is 2.16. The molecule has 3 aromatic rings. The second-order valence-corrected chi connectivity index (χ2v) is 5.31. The molecule has 0 fully saturated rings. The van der Waals surface area contributed by atoms with Crippen molar-refractivity contribution in [2.75, 3.05) is 6.61 Å². The molecule has 0 spiro atoms. The zero-order valence-electron chi connectivity index (χ0n) is 12.4. The van der Waals surface area contributed by atoms with Crippen molar-refractivity contribution < 1.29 is 14.3 Å². The molecule has 1 heterocycles. The normalized spacial score (nSPS) is 10.8. The number of benzene rings is 2. The summed E-state index contributed by atoms with van der Waals surface area (Å²) in [5, 5.41) is 11.2. The first-order valence-corrected chi connectivity index (χ1v) is 7.01. The Labute approximate surface area is 127 Å². The molecule has 0 saturated heterocycles. The summed E-state index contributed by atoms with van der Waals surface area (Å²) in [5.74, 6) is 0.144. The van der Waals surface area contributed by atoms with Crippen LogP contribution in [-0.2, 0) is 0 Å². The number of fused-ring (bicyclic) bond motifs is 2. The third-order valence-corrected chi connectivity index (χ3v) is 3.41. The minimum Gasteiger partial charge on any atom is -0.502 e. The largest absolute Gasteiger partial charge is 0.502 e. The van der Waals surface area contributed by atoms with Crippen LogP contribution in [0.4, 0.5) is 0 Å². The molecule has 0 aliphatic heterocycles. The van der Waals surface area contributed by atoms with Gasteiger partial charge in [0.2, 0.25) is 11.2 Å². The molecular weight excluding hydrogens is 280 g/mol. The molecule has 0 aliphatic carbocycles. The highest BCUT2D eigenvalue weighted by Gasteiger charge is 2.14. The summed E-state index contributed by atoms with van der Waals surface area (Å²) in [5.41, 5.74) is 1.55. The van der Waals surface area contributed by atoms with Gasteiger partial charge in [-0.3, -0.25) is 4.79 Å². The number of phenolic OH excluding ortho intramolecular Hbond substituents is 1. The van der Waals surface area contributed by atoms with Crippen LogP contribution in [0.2, 0.25) is 0 Å². The van der Waals surface area contributed by atoms with E-state index in [1.807, 2.05) is 19.9 Å². The van der Waals surface area contributed by atoms with Crippen LogP contribution in [0.15, 0.2) is 57.3 Å². The Morgan fingerprint density at radius 1 is 1.18 bits per heavy atom. The Morgan fingerprint density at radius 2 is 1.95 bits per heavy atom. The van der Waals surface area contributed by atoms with Crippen molar-refractivity contribution in [3.63, 3.8) is 0 Å². The molecule has 1 N–H and O–H groups in total. The van der Waals surface area contributed by atoms with Crippen molar-refractivity contribution in [1.82, 2.24) is 0 Å². The minimum absolute atomic E-state index is 0.150. The number of ether oxygens (including phenoxy) is 1. The standard InChI is InChI=1S/C18H16O4/c1-11(2)9-10-21-15-8-7-13-16(19)12-5-3-4-6-14(12)22-18(13)17(15)20/h3-9,20H,10H2,1-2H3. The van der Waals surface area contributed by atoms with Gasteiger partial charge in [0.1, 0.15) is 12.2 Å². The van der Waals surface area contributed by atoms with Crippen LogP contribution in [0.3, 0.4) is 0 Å². The van der Waals surface area contributed by atoms with Gasteiger partial charge in [-0.15, -0.1) is 0 Å². The van der Waals surface area contributed by atoms with E-state index in [4.69, 9.17) is 9.15 Å². The van der Waals surface area contributed by atoms with Gasteiger partial charge < -0.3 is 14.3 Å². The number of phenols is 1. The van der Waals surface area contributed by atoms with Gasteiger partial charge in [-0.05, 0) is 44.2 Å². The fourth-order valence-corrected chi connectivity index (χ4v) is 2.25. The molecule has 4 nitrogen and oxygen atoms in total. The van der Waals surface area contributed by atoms with Crippen LogP contribution in [0.25, 0.3) is 21.9 Å². The molecule has 1 aromatic heterocycles. The van der Waals surface area contributed by atoms with E-state index >= 15 is 0 Å². The summed E-state index contributed by atoms with van der Waals surface area (Å²) in [6.07, 6.45) is 1.90. The Hall–Kier alpha value is -2.75. The van der Waals surface area contributed by atoms with Gasteiger partial charge in [0.25, 0.3) is 0 Å². The number of allylic oxidation sites excluding steroid dienone is 1. The number of aromatic hydroxyl groups is 1. The molecule has 112 valence electrons. The van der Waals surface area contributed by atoms with Gasteiger partial charge in [-0.2, -0.15) is 0 Å². The molecule has 0 unspecified atom stereocenters. The van der Waals surface area contributed by atoms with Crippen molar-refractivity contribution in [3.05, 3.63) is 58.3 Å². The molecule has 0 aliphatic rings. The first-order chi connectivity index (χ1) is 10.6. The van der Waals surface area contributed by atoms with Crippen LogP contribution in [0.5, 0.6) is 11.5 Å². The van der Waals surface area contributed by atoms with Crippen molar-refractivity contribution >= 4 is 21.9 Å². The van der Waals surface area contributed by atoms with E-state index in [1.54, 1.807) is 36.4 Å². The van der Waals surface area contributed by atoms with E-state index in [2.05, 4.69) is 0 Å². The number of hydrogen-bond donors (Lipinski definition) is 1. The molecule has 0 radical (unpaired) electrons. The van der Waals surface area contributed by atoms with Gasteiger partial charge in [-0.1, -0.05) is 17.7 Å². The lowest BCUT2D eigenvalue weighted by molar-refractivity contribution is 0.335. The first-order valence-electron chi connectivity index (χ1n) is 7.01. The quantitative estimate of drug-likeness (QED) is 0.586. The second-order valence-electron chi connectivity index (χ2n) is 5.31. The molecular formula is C18H16O4. The van der Waals surface area contributed by atoms with Crippen LogP contribution in [0, 0.1) is 0 Å². The van der Waals surface area contributed by atoms with Crippen molar-refractivity contribution in [3.8, 4) is 11.5 Å². The SMILES string of the molecule is CC(C)=CCOc1ccc2c(=O)c3ccccc3oc2c1O. The maximum atomic E-state index is 12.4. The van der Waals surface area contributed by atoms with E-state index in [-0.39, 0.29) is 16.8 Å². The summed E-state index contributed by atoms with van der Waals surface area (Å²) >= 11 is 0. The fourth-order valence-electron chi connectivity index (χ4n) is 2.25. The minimum atomic E-state index is -0.164. The van der Waals surface area contributed by atoms with Crippen molar-refractivity contribution in [2.45, 2.75) is 13.8 Å². The summed E-state index contributed by atoms with van der Waals surface area (Å²) in [4.78, 5) is 12.4. The lowest BCUT2D eigenvalue weighted by atomic mass is 10.1. The van der Waals surface area contributed by atoms with Crippen LogP contribution in [0.1, 0.15) is 13.8 Å². The highest BCUT2D eigenvalue weighted by molar-refractivity contribution is 5.93. The average molecular weight is 296 g/mol. The number of rotatable bonds is 3. The van der Waals surface area contributed by atoms with E-state index in [1.165, 1.54) is 0 Å². The van der Waals surface area contributed by atoms with Gasteiger partial charge >= 0.3 is 0 Å².